The second-order valence-electron chi connectivity index (χ2n) is 4.72. The van der Waals surface area contributed by atoms with Crippen LogP contribution in [0.5, 0.6) is 0 Å². The van der Waals surface area contributed by atoms with Gasteiger partial charge in [0, 0.05) is 19.6 Å². The highest BCUT2D eigenvalue weighted by molar-refractivity contribution is 7.14. The van der Waals surface area contributed by atoms with Gasteiger partial charge in [0.1, 0.15) is 6.61 Å². The lowest BCUT2D eigenvalue weighted by Crippen LogP contribution is -2.47. The molecule has 1 unspecified atom stereocenters. The van der Waals surface area contributed by atoms with Gasteiger partial charge in [0.2, 0.25) is 0 Å². The molecule has 1 fully saturated rings. The van der Waals surface area contributed by atoms with Gasteiger partial charge in [-0.1, -0.05) is 18.8 Å². The van der Waals surface area contributed by atoms with E-state index in [9.17, 15) is 4.79 Å². The summed E-state index contributed by atoms with van der Waals surface area (Å²) in [5, 5.41) is 11.6. The molecule has 1 aromatic rings. The maximum Gasteiger partial charge on any atom is 0.261 e. The van der Waals surface area contributed by atoms with E-state index >= 15 is 0 Å². The molecule has 114 valence electrons. The average Bonchev–Trinajstić information content (AvgIpc) is 2.99. The van der Waals surface area contributed by atoms with Crippen LogP contribution in [0.15, 0.2) is 12.1 Å². The number of morpholine rings is 1. The number of carbonyl (C=O) groups excluding carboxylic acids is 1. The second-order valence-corrected chi connectivity index (χ2v) is 5.80. The maximum absolute atomic E-state index is 12.1. The van der Waals surface area contributed by atoms with Crippen molar-refractivity contribution in [3.8, 4) is 11.8 Å². The molecule has 21 heavy (non-hydrogen) atoms. The number of thiophene rings is 1. The minimum Gasteiger partial charge on any atom is -0.384 e. The number of nitrogens with one attached hydrogen (secondary N) is 1. The quantitative estimate of drug-likeness (QED) is 0.797. The third-order valence-electron chi connectivity index (χ3n) is 3.28. The zero-order valence-corrected chi connectivity index (χ0v) is 12.9. The first-order valence-electron chi connectivity index (χ1n) is 7.04. The monoisotopic (exact) mass is 308 g/mol. The molecule has 2 N–H and O–H groups in total. The Morgan fingerprint density at radius 2 is 2.48 bits per heavy atom. The highest BCUT2D eigenvalue weighted by Crippen LogP contribution is 2.15. The van der Waals surface area contributed by atoms with E-state index < -0.39 is 0 Å². The lowest BCUT2D eigenvalue weighted by atomic mass is 10.2. The number of hydrogen-bond donors (Lipinski definition) is 2. The molecule has 1 aliphatic heterocycles. The number of ether oxygens (including phenoxy) is 1. The van der Waals surface area contributed by atoms with Crippen molar-refractivity contribution < 1.29 is 14.6 Å². The van der Waals surface area contributed by atoms with Gasteiger partial charge in [-0.15, -0.1) is 11.3 Å². The SMILES string of the molecule is CCN1CCOC(CNC(=O)c2ccc(C#CCO)s2)C1. The third-order valence-corrected chi connectivity index (χ3v) is 4.28. The van der Waals surface area contributed by atoms with E-state index in [1.807, 2.05) is 0 Å². The van der Waals surface area contributed by atoms with E-state index in [4.69, 9.17) is 9.84 Å². The highest BCUT2D eigenvalue weighted by Gasteiger charge is 2.20. The molecule has 0 aromatic carbocycles. The van der Waals surface area contributed by atoms with Crippen LogP contribution < -0.4 is 5.32 Å². The smallest absolute Gasteiger partial charge is 0.261 e. The molecule has 1 aliphatic rings. The summed E-state index contributed by atoms with van der Waals surface area (Å²) in [6.45, 7) is 6.01. The van der Waals surface area contributed by atoms with E-state index in [0.29, 0.717) is 18.0 Å². The number of rotatable bonds is 4. The van der Waals surface area contributed by atoms with Gasteiger partial charge < -0.3 is 15.2 Å². The van der Waals surface area contributed by atoms with Gasteiger partial charge in [0.05, 0.1) is 22.5 Å². The molecule has 0 radical (unpaired) electrons. The van der Waals surface area contributed by atoms with Crippen molar-refractivity contribution in [3.05, 3.63) is 21.9 Å². The van der Waals surface area contributed by atoms with Crippen LogP contribution in [-0.2, 0) is 4.74 Å². The average molecular weight is 308 g/mol. The Labute approximate surface area is 128 Å². The lowest BCUT2D eigenvalue weighted by molar-refractivity contribution is -0.0245. The van der Waals surface area contributed by atoms with Crippen LogP contribution in [0.3, 0.4) is 0 Å². The molecule has 2 rings (SSSR count). The van der Waals surface area contributed by atoms with Crippen LogP contribution in [-0.4, -0.2) is 61.4 Å². The molecule has 0 bridgehead atoms. The van der Waals surface area contributed by atoms with Gasteiger partial charge in [0.25, 0.3) is 5.91 Å². The Morgan fingerprint density at radius 3 is 3.24 bits per heavy atom. The number of hydrogen-bond acceptors (Lipinski definition) is 5. The van der Waals surface area contributed by atoms with Crippen LogP contribution in [0.4, 0.5) is 0 Å². The number of amides is 1. The Morgan fingerprint density at radius 1 is 1.62 bits per heavy atom. The van der Waals surface area contributed by atoms with Crippen molar-refractivity contribution in [2.75, 3.05) is 39.4 Å². The molecule has 2 heterocycles. The molecule has 0 saturated carbocycles. The van der Waals surface area contributed by atoms with E-state index in [0.717, 1.165) is 24.5 Å². The number of nitrogens with zero attached hydrogens (tertiary/aromatic N) is 1. The molecule has 0 aliphatic carbocycles. The molecule has 1 amide bonds. The van der Waals surface area contributed by atoms with Crippen molar-refractivity contribution in [1.82, 2.24) is 10.2 Å². The number of aliphatic hydroxyl groups is 1. The molecular weight excluding hydrogens is 288 g/mol. The molecule has 0 spiro atoms. The van der Waals surface area contributed by atoms with Crippen molar-refractivity contribution in [1.29, 1.82) is 0 Å². The van der Waals surface area contributed by atoms with E-state index in [2.05, 4.69) is 29.0 Å². The van der Waals surface area contributed by atoms with Crippen molar-refractivity contribution in [2.24, 2.45) is 0 Å². The predicted molar refractivity (Wildman–Crippen MR) is 82.5 cm³/mol. The maximum atomic E-state index is 12.1. The molecule has 5 nitrogen and oxygen atoms in total. The topological polar surface area (TPSA) is 61.8 Å². The van der Waals surface area contributed by atoms with Gasteiger partial charge in [-0.25, -0.2) is 0 Å². The first-order chi connectivity index (χ1) is 10.2. The zero-order chi connectivity index (χ0) is 15.1. The van der Waals surface area contributed by atoms with Gasteiger partial charge in [-0.3, -0.25) is 9.69 Å². The second kappa shape index (κ2) is 8.15. The van der Waals surface area contributed by atoms with Gasteiger partial charge in [0.15, 0.2) is 0 Å². The summed E-state index contributed by atoms with van der Waals surface area (Å²) in [5.74, 6) is 5.26. The van der Waals surface area contributed by atoms with Crippen molar-refractivity contribution in [2.45, 2.75) is 13.0 Å². The minimum absolute atomic E-state index is 0.0521. The largest absolute Gasteiger partial charge is 0.384 e. The van der Waals surface area contributed by atoms with Crippen molar-refractivity contribution in [3.63, 3.8) is 0 Å². The lowest BCUT2D eigenvalue weighted by Gasteiger charge is -2.32. The molecule has 1 atom stereocenters. The number of aliphatic hydroxyl groups excluding tert-OH is 1. The fourth-order valence-corrected chi connectivity index (χ4v) is 2.94. The summed E-state index contributed by atoms with van der Waals surface area (Å²) < 4.78 is 5.65. The van der Waals surface area contributed by atoms with E-state index in [1.165, 1.54) is 11.3 Å². The van der Waals surface area contributed by atoms with Crippen LogP contribution >= 0.6 is 11.3 Å². The number of likely N-dealkylation sites (N-methyl/N-ethyl adjacent to an activating group) is 1. The first-order valence-corrected chi connectivity index (χ1v) is 7.86. The summed E-state index contributed by atoms with van der Waals surface area (Å²) in [4.78, 5) is 15.8. The standard InChI is InChI=1S/C15H20N2O3S/c1-2-17-7-9-20-12(11-17)10-16-15(19)14-6-5-13(21-14)4-3-8-18/h5-6,12,18H,2,7-11H2,1H3,(H,16,19). The third kappa shape index (κ3) is 4.83. The summed E-state index contributed by atoms with van der Waals surface area (Å²) in [5.41, 5.74) is 0. The predicted octanol–water partition coefficient (Wildman–Crippen LogP) is 0.542. The Kier molecular flexibility index (Phi) is 6.21. The Balaban J connectivity index is 1.82. The van der Waals surface area contributed by atoms with Gasteiger partial charge in [-0.05, 0) is 18.7 Å². The normalized spacial score (nSPS) is 18.9. The molecule has 1 aromatic heterocycles. The summed E-state index contributed by atoms with van der Waals surface area (Å²) >= 11 is 1.32. The zero-order valence-electron chi connectivity index (χ0n) is 12.1. The highest BCUT2D eigenvalue weighted by atomic mass is 32.1. The first kappa shape index (κ1) is 16.0. The Bertz CT molecular complexity index is 533. The van der Waals surface area contributed by atoms with Gasteiger partial charge >= 0.3 is 0 Å². The molecular formula is C15H20N2O3S. The summed E-state index contributed by atoms with van der Waals surface area (Å²) in [6, 6.07) is 3.54. The van der Waals surface area contributed by atoms with Crippen molar-refractivity contribution >= 4 is 17.2 Å². The molecule has 1 saturated heterocycles. The summed E-state index contributed by atoms with van der Waals surface area (Å²) in [6.07, 6.45) is 0.0521. The minimum atomic E-state index is -0.174. The van der Waals surface area contributed by atoms with E-state index in [1.54, 1.807) is 12.1 Å². The van der Waals surface area contributed by atoms with Crippen LogP contribution in [0.25, 0.3) is 0 Å². The fraction of sp³-hybridized carbons (Fsp3) is 0.533. The number of carbonyl (C=O) groups is 1. The van der Waals surface area contributed by atoms with Crippen LogP contribution in [0.1, 0.15) is 21.5 Å². The van der Waals surface area contributed by atoms with Gasteiger partial charge in [-0.2, -0.15) is 0 Å². The van der Waals surface area contributed by atoms with Crippen LogP contribution in [0, 0.1) is 11.8 Å². The fourth-order valence-electron chi connectivity index (χ4n) is 2.14. The Hall–Kier alpha value is -1.39. The summed E-state index contributed by atoms with van der Waals surface area (Å²) in [7, 11) is 0. The van der Waals surface area contributed by atoms with E-state index in [-0.39, 0.29) is 18.6 Å². The van der Waals surface area contributed by atoms with Crippen LogP contribution in [0.2, 0.25) is 0 Å². The molecule has 6 heteroatoms.